The average molecular weight is 687 g/mol. The Morgan fingerprint density at radius 1 is 0.383 bits per heavy atom. The van der Waals surface area contributed by atoms with E-state index in [4.69, 9.17) is 66.3 Å². The summed E-state index contributed by atoms with van der Waals surface area (Å²) < 4.78 is 75.2. The lowest BCUT2D eigenvalue weighted by molar-refractivity contribution is -0.144. The molecule has 0 aromatic carbocycles. The van der Waals surface area contributed by atoms with Crippen LogP contribution in [-0.4, -0.2) is 184 Å². The van der Waals surface area contributed by atoms with Crippen LogP contribution in [0.2, 0.25) is 0 Å². The van der Waals surface area contributed by atoms with Crippen molar-refractivity contribution in [2.24, 2.45) is 0 Å². The van der Waals surface area contributed by atoms with Crippen LogP contribution in [0.5, 0.6) is 0 Å². The molecule has 0 unspecified atom stereocenters. The molecule has 0 aromatic rings. The first-order chi connectivity index (χ1) is 23.3. The molecule has 0 spiro atoms. The van der Waals surface area contributed by atoms with Gasteiger partial charge in [-0.15, -0.1) is 6.58 Å². The number of carbonyl (C=O) groups excluding carboxylic acids is 1. The molecule has 0 atom stereocenters. The Morgan fingerprint density at radius 3 is 0.809 bits per heavy atom. The van der Waals surface area contributed by atoms with Gasteiger partial charge in [0.2, 0.25) is 0 Å². The topological polar surface area (TPSA) is 146 Å². The van der Waals surface area contributed by atoms with Gasteiger partial charge in [-0.3, -0.25) is 4.79 Å². The molecule has 0 saturated carbocycles. The van der Waals surface area contributed by atoms with Crippen LogP contribution in [0.4, 0.5) is 0 Å². The molecule has 15 heteroatoms. The van der Waals surface area contributed by atoms with Crippen LogP contribution in [0.3, 0.4) is 0 Å². The van der Waals surface area contributed by atoms with Crippen molar-refractivity contribution in [2.45, 2.75) is 13.3 Å². The zero-order valence-electron chi connectivity index (χ0n) is 28.7. The summed E-state index contributed by atoms with van der Waals surface area (Å²) in [6.45, 7) is 18.6. The smallest absolute Gasteiger partial charge is 0.308 e. The second-order valence-corrected chi connectivity index (χ2v) is 9.27. The van der Waals surface area contributed by atoms with Crippen LogP contribution in [0, 0.1) is 0 Å². The maximum absolute atomic E-state index is 11.1. The summed E-state index contributed by atoms with van der Waals surface area (Å²) in [6.07, 6.45) is 1.96. The highest BCUT2D eigenvalue weighted by Crippen LogP contribution is 1.90. The molecular formula is C32H62O15. The van der Waals surface area contributed by atoms with E-state index >= 15 is 0 Å². The number of rotatable bonds is 42. The standard InChI is InChI=1S/C32H62O15/c1-3-6-34-8-10-36-12-14-38-16-18-40-20-22-42-24-26-44-28-30-46-31-29-45-27-25-43-23-21-41-19-17-39-15-13-37-11-9-35-7-5-32(33)47-4-2/h3H,1,4-31H2,2H3. The van der Waals surface area contributed by atoms with Crippen LogP contribution in [-0.2, 0) is 71.1 Å². The Morgan fingerprint density at radius 2 is 0.596 bits per heavy atom. The van der Waals surface area contributed by atoms with Crippen molar-refractivity contribution in [1.82, 2.24) is 0 Å². The van der Waals surface area contributed by atoms with Gasteiger partial charge in [-0.2, -0.15) is 0 Å². The summed E-state index contributed by atoms with van der Waals surface area (Å²) in [5, 5.41) is 0. The van der Waals surface area contributed by atoms with Crippen molar-refractivity contribution < 1.29 is 71.1 Å². The molecule has 0 aliphatic heterocycles. The predicted molar refractivity (Wildman–Crippen MR) is 172 cm³/mol. The van der Waals surface area contributed by atoms with Crippen molar-refractivity contribution in [1.29, 1.82) is 0 Å². The van der Waals surface area contributed by atoms with E-state index in [0.29, 0.717) is 178 Å². The summed E-state index contributed by atoms with van der Waals surface area (Å²) in [6, 6.07) is 0. The molecule has 0 bridgehead atoms. The van der Waals surface area contributed by atoms with Gasteiger partial charge in [-0.25, -0.2) is 0 Å². The van der Waals surface area contributed by atoms with Crippen LogP contribution >= 0.6 is 0 Å². The average Bonchev–Trinajstić information content (AvgIpc) is 3.07. The maximum atomic E-state index is 11.1. The van der Waals surface area contributed by atoms with Gasteiger partial charge in [0.15, 0.2) is 0 Å². The van der Waals surface area contributed by atoms with E-state index in [-0.39, 0.29) is 12.4 Å². The van der Waals surface area contributed by atoms with Crippen molar-refractivity contribution in [3.05, 3.63) is 12.7 Å². The lowest BCUT2D eigenvalue weighted by Gasteiger charge is -2.09. The Bertz CT molecular complexity index is 615. The zero-order valence-corrected chi connectivity index (χ0v) is 28.7. The van der Waals surface area contributed by atoms with Crippen LogP contribution in [0.15, 0.2) is 12.7 Å². The summed E-state index contributed by atoms with van der Waals surface area (Å²) in [7, 11) is 0. The van der Waals surface area contributed by atoms with E-state index in [9.17, 15) is 4.79 Å². The van der Waals surface area contributed by atoms with Gasteiger partial charge in [0.1, 0.15) is 0 Å². The minimum absolute atomic E-state index is 0.252. The molecule has 47 heavy (non-hydrogen) atoms. The number of carbonyl (C=O) groups is 1. The molecule has 0 rings (SSSR count). The summed E-state index contributed by atoms with van der Waals surface area (Å²) in [5.74, 6) is -0.252. The van der Waals surface area contributed by atoms with Crippen molar-refractivity contribution in [2.75, 3.05) is 178 Å². The summed E-state index contributed by atoms with van der Waals surface area (Å²) in [5.41, 5.74) is 0. The van der Waals surface area contributed by atoms with Gasteiger partial charge in [0.05, 0.1) is 185 Å². The highest BCUT2D eigenvalue weighted by molar-refractivity contribution is 5.69. The van der Waals surface area contributed by atoms with Gasteiger partial charge in [-0.05, 0) is 6.92 Å². The molecule has 0 saturated heterocycles. The minimum Gasteiger partial charge on any atom is -0.466 e. The Labute approximate surface area is 281 Å². The highest BCUT2D eigenvalue weighted by Gasteiger charge is 2.01. The fourth-order valence-corrected chi connectivity index (χ4v) is 3.19. The van der Waals surface area contributed by atoms with E-state index in [2.05, 4.69) is 6.58 Å². The molecule has 0 amide bonds. The first kappa shape index (κ1) is 45.7. The molecule has 0 aromatic heterocycles. The predicted octanol–water partition coefficient (Wildman–Crippen LogP) is 1.34. The zero-order chi connectivity index (χ0) is 34.0. The third-order valence-corrected chi connectivity index (χ3v) is 5.46. The third kappa shape index (κ3) is 42.7. The molecule has 0 N–H and O–H groups in total. The largest absolute Gasteiger partial charge is 0.466 e. The van der Waals surface area contributed by atoms with Gasteiger partial charge >= 0.3 is 5.97 Å². The quantitative estimate of drug-likeness (QED) is 0.0517. The monoisotopic (exact) mass is 686 g/mol. The van der Waals surface area contributed by atoms with E-state index < -0.39 is 0 Å². The van der Waals surface area contributed by atoms with E-state index in [0.717, 1.165) is 0 Å². The lowest BCUT2D eigenvalue weighted by Crippen LogP contribution is -2.15. The van der Waals surface area contributed by atoms with Crippen LogP contribution < -0.4 is 0 Å². The summed E-state index contributed by atoms with van der Waals surface area (Å²) in [4.78, 5) is 11.1. The molecular weight excluding hydrogens is 624 g/mol. The maximum Gasteiger partial charge on any atom is 0.308 e. The highest BCUT2D eigenvalue weighted by atomic mass is 16.6. The van der Waals surface area contributed by atoms with E-state index in [1.165, 1.54) is 0 Å². The molecule has 0 fully saturated rings. The molecule has 15 nitrogen and oxygen atoms in total. The fourth-order valence-electron chi connectivity index (χ4n) is 3.19. The minimum atomic E-state index is -0.252. The van der Waals surface area contributed by atoms with Gasteiger partial charge < -0.3 is 66.3 Å². The lowest BCUT2D eigenvalue weighted by atomic mass is 10.5. The molecule has 0 aliphatic carbocycles. The number of ether oxygens (including phenoxy) is 14. The normalized spacial score (nSPS) is 11.3. The Hall–Kier alpha value is -1.31. The van der Waals surface area contributed by atoms with Crippen molar-refractivity contribution >= 4 is 5.97 Å². The molecule has 280 valence electrons. The second-order valence-electron chi connectivity index (χ2n) is 9.27. The Kier molecular flexibility index (Phi) is 41.5. The SMILES string of the molecule is C=CCOCCOCCOCCOCCOCCOCCOCCOCCOCCOCCOCCOCCOCCC(=O)OCC. The molecule has 0 aliphatic rings. The van der Waals surface area contributed by atoms with Gasteiger partial charge in [0, 0.05) is 0 Å². The fraction of sp³-hybridized carbons (Fsp3) is 0.906. The third-order valence-electron chi connectivity index (χ3n) is 5.46. The van der Waals surface area contributed by atoms with Crippen LogP contribution in [0.25, 0.3) is 0 Å². The number of hydrogen-bond donors (Lipinski definition) is 0. The molecule has 0 heterocycles. The second kappa shape index (κ2) is 42.7. The van der Waals surface area contributed by atoms with E-state index in [1.54, 1.807) is 13.0 Å². The first-order valence-corrected chi connectivity index (χ1v) is 16.6. The number of hydrogen-bond acceptors (Lipinski definition) is 15. The number of esters is 1. The van der Waals surface area contributed by atoms with Gasteiger partial charge in [-0.1, -0.05) is 6.08 Å². The first-order valence-electron chi connectivity index (χ1n) is 16.6. The molecule has 0 radical (unpaired) electrons. The van der Waals surface area contributed by atoms with Crippen LogP contribution in [0.1, 0.15) is 13.3 Å². The Balaban J connectivity index is 3.06. The van der Waals surface area contributed by atoms with Crippen molar-refractivity contribution in [3.8, 4) is 0 Å². The van der Waals surface area contributed by atoms with Gasteiger partial charge in [0.25, 0.3) is 0 Å². The van der Waals surface area contributed by atoms with Crippen molar-refractivity contribution in [3.63, 3.8) is 0 Å². The summed E-state index contributed by atoms with van der Waals surface area (Å²) >= 11 is 0. The van der Waals surface area contributed by atoms with E-state index in [1.807, 2.05) is 0 Å².